The van der Waals surface area contributed by atoms with Crippen LogP contribution in [0.25, 0.3) is 0 Å². The quantitative estimate of drug-likeness (QED) is 0.324. The highest BCUT2D eigenvalue weighted by atomic mass is 32.2. The van der Waals surface area contributed by atoms with Crippen molar-refractivity contribution < 1.29 is 9.72 Å². The van der Waals surface area contributed by atoms with E-state index in [2.05, 4.69) is 10.2 Å². The van der Waals surface area contributed by atoms with Crippen molar-refractivity contribution in [1.29, 1.82) is 0 Å². The van der Waals surface area contributed by atoms with Crippen LogP contribution in [0.1, 0.15) is 46.2 Å². The average Bonchev–Trinajstić information content (AvgIpc) is 3.39. The molecule has 9 heteroatoms. The maximum absolute atomic E-state index is 13.2. The molecule has 3 aromatic rings. The highest BCUT2D eigenvalue weighted by Gasteiger charge is 2.34. The van der Waals surface area contributed by atoms with Crippen LogP contribution in [0.3, 0.4) is 0 Å². The van der Waals surface area contributed by atoms with Crippen molar-refractivity contribution in [1.82, 2.24) is 19.7 Å². The number of thioether (sulfide) groups is 1. The summed E-state index contributed by atoms with van der Waals surface area (Å²) in [5, 5.41) is 20.3. The van der Waals surface area contributed by atoms with Gasteiger partial charge < -0.3 is 9.47 Å². The second kappa shape index (κ2) is 8.89. The minimum Gasteiger partial charge on any atom is -0.328 e. The van der Waals surface area contributed by atoms with Gasteiger partial charge in [0.1, 0.15) is 0 Å². The van der Waals surface area contributed by atoms with E-state index < -0.39 is 4.92 Å². The summed E-state index contributed by atoms with van der Waals surface area (Å²) in [6.45, 7) is 2.66. The lowest BCUT2D eigenvalue weighted by molar-refractivity contribution is -0.384. The molecule has 1 aliphatic rings. The van der Waals surface area contributed by atoms with Crippen LogP contribution in [0, 0.1) is 17.0 Å². The SMILES string of the molecule is Cc1ccccc1C(=O)N1CCCC1c1nnc(SCc2ccc([N+](=O)[O-])cc2)n1C. The molecule has 4 rings (SSSR count). The normalized spacial score (nSPS) is 15.9. The molecular formula is C22H23N5O3S. The summed E-state index contributed by atoms with van der Waals surface area (Å²) in [5.41, 5.74) is 2.74. The summed E-state index contributed by atoms with van der Waals surface area (Å²) < 4.78 is 1.95. The molecule has 0 aliphatic carbocycles. The van der Waals surface area contributed by atoms with Crippen molar-refractivity contribution in [2.45, 2.75) is 36.7 Å². The van der Waals surface area contributed by atoms with E-state index in [0.29, 0.717) is 12.3 Å². The lowest BCUT2D eigenvalue weighted by atomic mass is 10.1. The molecule has 1 unspecified atom stereocenters. The Bertz CT molecular complexity index is 1110. The van der Waals surface area contributed by atoms with E-state index in [-0.39, 0.29) is 17.6 Å². The zero-order chi connectivity index (χ0) is 22.0. The Morgan fingerprint density at radius 1 is 1.19 bits per heavy atom. The number of hydrogen-bond acceptors (Lipinski definition) is 6. The molecule has 0 radical (unpaired) electrons. The van der Waals surface area contributed by atoms with E-state index in [4.69, 9.17) is 0 Å². The van der Waals surface area contributed by atoms with Crippen molar-refractivity contribution in [3.05, 3.63) is 81.2 Å². The van der Waals surface area contributed by atoms with Gasteiger partial charge in [0, 0.05) is 37.0 Å². The number of amides is 1. The number of hydrogen-bond donors (Lipinski definition) is 0. The van der Waals surface area contributed by atoms with Crippen molar-refractivity contribution in [2.75, 3.05) is 6.54 Å². The Balaban J connectivity index is 1.48. The number of likely N-dealkylation sites (tertiary alicyclic amines) is 1. The predicted octanol–water partition coefficient (Wildman–Crippen LogP) is 4.30. The van der Waals surface area contributed by atoms with E-state index in [1.54, 1.807) is 12.1 Å². The summed E-state index contributed by atoms with van der Waals surface area (Å²) in [7, 11) is 1.92. The van der Waals surface area contributed by atoms with Crippen LogP contribution in [0.4, 0.5) is 5.69 Å². The first-order chi connectivity index (χ1) is 15.0. The van der Waals surface area contributed by atoms with Crippen LogP contribution in [0.15, 0.2) is 53.7 Å². The molecule has 0 bridgehead atoms. The molecule has 0 N–H and O–H groups in total. The van der Waals surface area contributed by atoms with E-state index in [9.17, 15) is 14.9 Å². The number of aryl methyl sites for hydroxylation is 1. The molecule has 8 nitrogen and oxygen atoms in total. The highest BCUT2D eigenvalue weighted by molar-refractivity contribution is 7.98. The Morgan fingerprint density at radius 3 is 2.65 bits per heavy atom. The summed E-state index contributed by atoms with van der Waals surface area (Å²) in [6, 6.07) is 14.1. The maximum atomic E-state index is 13.2. The molecule has 1 aliphatic heterocycles. The van der Waals surface area contributed by atoms with Gasteiger partial charge in [-0.2, -0.15) is 0 Å². The minimum atomic E-state index is -0.405. The van der Waals surface area contributed by atoms with E-state index >= 15 is 0 Å². The summed E-state index contributed by atoms with van der Waals surface area (Å²) >= 11 is 1.52. The third-order valence-electron chi connectivity index (χ3n) is 5.57. The summed E-state index contributed by atoms with van der Waals surface area (Å²) in [5.74, 6) is 1.44. The van der Waals surface area contributed by atoms with Gasteiger partial charge in [-0.25, -0.2) is 0 Å². The fourth-order valence-corrected chi connectivity index (χ4v) is 4.72. The Morgan fingerprint density at radius 2 is 1.94 bits per heavy atom. The molecule has 1 aromatic heterocycles. The smallest absolute Gasteiger partial charge is 0.269 e. The van der Waals surface area contributed by atoms with Crippen LogP contribution in [0.2, 0.25) is 0 Å². The molecule has 1 fully saturated rings. The first-order valence-electron chi connectivity index (χ1n) is 10.1. The second-order valence-electron chi connectivity index (χ2n) is 7.58. The largest absolute Gasteiger partial charge is 0.328 e. The molecule has 2 heterocycles. The van der Waals surface area contributed by atoms with E-state index in [1.807, 2.05) is 47.7 Å². The number of aromatic nitrogens is 3. The average molecular weight is 438 g/mol. The van der Waals surface area contributed by atoms with Gasteiger partial charge in [0.2, 0.25) is 0 Å². The molecule has 2 aromatic carbocycles. The number of rotatable bonds is 6. The molecule has 0 spiro atoms. The molecule has 0 saturated carbocycles. The lowest BCUT2D eigenvalue weighted by Crippen LogP contribution is -2.32. The number of benzene rings is 2. The molecular weight excluding hydrogens is 414 g/mol. The number of carbonyl (C=O) groups excluding carboxylic acids is 1. The fourth-order valence-electron chi connectivity index (χ4n) is 3.85. The van der Waals surface area contributed by atoms with Crippen molar-refractivity contribution in [3.8, 4) is 0 Å². The van der Waals surface area contributed by atoms with Gasteiger partial charge in [0.15, 0.2) is 11.0 Å². The van der Waals surface area contributed by atoms with E-state index in [1.165, 1.54) is 23.9 Å². The van der Waals surface area contributed by atoms with Crippen LogP contribution in [-0.2, 0) is 12.8 Å². The second-order valence-corrected chi connectivity index (χ2v) is 8.53. The van der Waals surface area contributed by atoms with Crippen molar-refractivity contribution in [3.63, 3.8) is 0 Å². The fraction of sp³-hybridized carbons (Fsp3) is 0.318. The van der Waals surface area contributed by atoms with Crippen LogP contribution in [0.5, 0.6) is 0 Å². The Labute approximate surface area is 184 Å². The molecule has 160 valence electrons. The van der Waals surface area contributed by atoms with Gasteiger partial charge in [-0.1, -0.05) is 42.1 Å². The third kappa shape index (κ3) is 4.32. The number of carbonyl (C=O) groups is 1. The van der Waals surface area contributed by atoms with Gasteiger partial charge in [-0.05, 0) is 37.0 Å². The summed E-state index contributed by atoms with van der Waals surface area (Å²) in [4.78, 5) is 25.5. The van der Waals surface area contributed by atoms with Crippen molar-refractivity contribution in [2.24, 2.45) is 7.05 Å². The predicted molar refractivity (Wildman–Crippen MR) is 118 cm³/mol. The van der Waals surface area contributed by atoms with Gasteiger partial charge in [0.25, 0.3) is 11.6 Å². The maximum Gasteiger partial charge on any atom is 0.269 e. The standard InChI is InChI=1S/C22H23N5O3S/c1-15-6-3-4-7-18(15)21(28)26-13-5-8-19(26)20-23-24-22(25(20)2)31-14-16-9-11-17(12-10-16)27(29)30/h3-4,6-7,9-12,19H,5,8,13-14H2,1-2H3. The highest BCUT2D eigenvalue weighted by Crippen LogP contribution is 2.34. The molecule has 31 heavy (non-hydrogen) atoms. The topological polar surface area (TPSA) is 94.2 Å². The number of non-ortho nitro benzene ring substituents is 1. The lowest BCUT2D eigenvalue weighted by Gasteiger charge is -2.24. The molecule has 1 atom stereocenters. The van der Waals surface area contributed by atoms with Crippen LogP contribution in [-0.4, -0.2) is 37.0 Å². The van der Waals surface area contributed by atoms with Crippen molar-refractivity contribution >= 4 is 23.4 Å². The third-order valence-corrected chi connectivity index (χ3v) is 6.66. The number of nitro benzene ring substituents is 1. The molecule has 1 saturated heterocycles. The van der Waals surface area contributed by atoms with Crippen LogP contribution < -0.4 is 0 Å². The minimum absolute atomic E-state index is 0.0312. The Hall–Kier alpha value is -3.20. The van der Waals surface area contributed by atoms with E-state index in [0.717, 1.165) is 40.5 Å². The van der Waals surface area contributed by atoms with Gasteiger partial charge in [-0.3, -0.25) is 14.9 Å². The van der Waals surface area contributed by atoms with Crippen LogP contribution >= 0.6 is 11.8 Å². The first kappa shape index (κ1) is 21.0. The van der Waals surface area contributed by atoms with Gasteiger partial charge >= 0.3 is 0 Å². The van der Waals surface area contributed by atoms with Gasteiger partial charge in [-0.15, -0.1) is 10.2 Å². The summed E-state index contributed by atoms with van der Waals surface area (Å²) in [6.07, 6.45) is 1.79. The zero-order valence-electron chi connectivity index (χ0n) is 17.4. The molecule has 1 amide bonds. The first-order valence-corrected chi connectivity index (χ1v) is 11.1. The monoisotopic (exact) mass is 437 g/mol. The zero-order valence-corrected chi connectivity index (χ0v) is 18.2. The Kier molecular flexibility index (Phi) is 6.03. The number of nitro groups is 1. The van der Waals surface area contributed by atoms with Gasteiger partial charge in [0.05, 0.1) is 11.0 Å². The number of nitrogens with zero attached hydrogens (tertiary/aromatic N) is 5.